The monoisotopic (exact) mass is 381 g/mol. The summed E-state index contributed by atoms with van der Waals surface area (Å²) in [7, 11) is 0. The molecule has 3 rings (SSSR count). The van der Waals surface area contributed by atoms with Gasteiger partial charge < -0.3 is 10.2 Å². The SMILES string of the molecule is C[C@H]1CC[C@H](NCCN(Cc2cc(Cl)ccc2C#N)c2ccccc2)CC1. The lowest BCUT2D eigenvalue weighted by Crippen LogP contribution is -2.38. The van der Waals surface area contributed by atoms with E-state index in [2.05, 4.69) is 47.5 Å². The zero-order valence-corrected chi connectivity index (χ0v) is 16.8. The largest absolute Gasteiger partial charge is 0.366 e. The molecular weight excluding hydrogens is 354 g/mol. The van der Waals surface area contributed by atoms with E-state index in [-0.39, 0.29) is 0 Å². The molecule has 0 aliphatic heterocycles. The Balaban J connectivity index is 1.67. The number of para-hydroxylation sites is 1. The second-order valence-electron chi connectivity index (χ2n) is 7.58. The third kappa shape index (κ3) is 5.73. The Morgan fingerprint density at radius 2 is 1.85 bits per heavy atom. The number of hydrogen-bond donors (Lipinski definition) is 1. The van der Waals surface area contributed by atoms with Crippen LogP contribution >= 0.6 is 11.6 Å². The van der Waals surface area contributed by atoms with E-state index >= 15 is 0 Å². The number of nitriles is 1. The van der Waals surface area contributed by atoms with Gasteiger partial charge in [-0.25, -0.2) is 0 Å². The lowest BCUT2D eigenvalue weighted by atomic mass is 9.87. The van der Waals surface area contributed by atoms with Crippen LogP contribution in [0.25, 0.3) is 0 Å². The Labute approximate surface area is 168 Å². The number of rotatable bonds is 7. The fourth-order valence-electron chi connectivity index (χ4n) is 3.81. The van der Waals surface area contributed by atoms with E-state index < -0.39 is 0 Å². The first kappa shape index (κ1) is 19.7. The molecule has 1 fully saturated rings. The van der Waals surface area contributed by atoms with Crippen LogP contribution in [-0.4, -0.2) is 19.1 Å². The lowest BCUT2D eigenvalue weighted by molar-refractivity contribution is 0.309. The highest BCUT2D eigenvalue weighted by Crippen LogP contribution is 2.24. The molecule has 142 valence electrons. The summed E-state index contributed by atoms with van der Waals surface area (Å²) in [6.07, 6.45) is 5.21. The molecule has 4 heteroatoms. The summed E-state index contributed by atoms with van der Waals surface area (Å²) >= 11 is 6.18. The van der Waals surface area contributed by atoms with Gasteiger partial charge in [0.2, 0.25) is 0 Å². The molecule has 0 radical (unpaired) electrons. The summed E-state index contributed by atoms with van der Waals surface area (Å²) in [5.41, 5.74) is 2.83. The predicted molar refractivity (Wildman–Crippen MR) is 113 cm³/mol. The Morgan fingerprint density at radius 3 is 2.56 bits per heavy atom. The Kier molecular flexibility index (Phi) is 7.15. The number of halogens is 1. The molecule has 3 nitrogen and oxygen atoms in total. The van der Waals surface area contributed by atoms with Crippen LogP contribution in [0.15, 0.2) is 48.5 Å². The molecule has 0 atom stereocenters. The van der Waals surface area contributed by atoms with Crippen LogP contribution in [-0.2, 0) is 6.54 Å². The summed E-state index contributed by atoms with van der Waals surface area (Å²) in [6, 6.07) is 18.8. The highest BCUT2D eigenvalue weighted by Gasteiger charge is 2.18. The summed E-state index contributed by atoms with van der Waals surface area (Å²) in [4.78, 5) is 2.32. The quantitative estimate of drug-likeness (QED) is 0.699. The molecule has 1 N–H and O–H groups in total. The molecule has 0 heterocycles. The normalized spacial score (nSPS) is 19.4. The number of anilines is 1. The van der Waals surface area contributed by atoms with Crippen molar-refractivity contribution in [2.75, 3.05) is 18.0 Å². The minimum Gasteiger partial charge on any atom is -0.366 e. The van der Waals surface area contributed by atoms with Gasteiger partial charge >= 0.3 is 0 Å². The number of nitrogens with zero attached hydrogens (tertiary/aromatic N) is 2. The molecule has 0 aromatic heterocycles. The molecule has 0 spiro atoms. The minimum atomic E-state index is 0.639. The Morgan fingerprint density at radius 1 is 1.11 bits per heavy atom. The second kappa shape index (κ2) is 9.78. The number of nitrogens with one attached hydrogen (secondary N) is 1. The van der Waals surface area contributed by atoms with Crippen LogP contribution in [0.2, 0.25) is 5.02 Å². The first-order valence-electron chi connectivity index (χ1n) is 9.87. The smallest absolute Gasteiger partial charge is 0.0995 e. The molecule has 1 aliphatic carbocycles. The predicted octanol–water partition coefficient (Wildman–Crippen LogP) is 5.39. The molecule has 2 aromatic rings. The van der Waals surface area contributed by atoms with E-state index in [4.69, 9.17) is 11.6 Å². The summed E-state index contributed by atoms with van der Waals surface area (Å²) in [6.45, 7) is 4.87. The molecule has 1 aliphatic rings. The zero-order valence-electron chi connectivity index (χ0n) is 16.0. The summed E-state index contributed by atoms with van der Waals surface area (Å²) in [5.74, 6) is 0.871. The average Bonchev–Trinajstić information content (AvgIpc) is 2.69. The van der Waals surface area contributed by atoms with Crippen molar-refractivity contribution in [1.82, 2.24) is 5.32 Å². The summed E-state index contributed by atoms with van der Waals surface area (Å²) < 4.78 is 0. The fraction of sp³-hybridized carbons (Fsp3) is 0.435. The molecule has 0 bridgehead atoms. The van der Waals surface area contributed by atoms with Gasteiger partial charge in [-0.2, -0.15) is 5.26 Å². The first-order valence-corrected chi connectivity index (χ1v) is 10.3. The van der Waals surface area contributed by atoms with Crippen LogP contribution in [0.4, 0.5) is 5.69 Å². The van der Waals surface area contributed by atoms with Gasteiger partial charge in [0, 0.05) is 36.4 Å². The van der Waals surface area contributed by atoms with Crippen LogP contribution in [0.1, 0.15) is 43.7 Å². The Hall–Kier alpha value is -2.02. The molecule has 1 saturated carbocycles. The topological polar surface area (TPSA) is 39.1 Å². The maximum Gasteiger partial charge on any atom is 0.0995 e. The van der Waals surface area contributed by atoms with Gasteiger partial charge in [-0.3, -0.25) is 0 Å². The van der Waals surface area contributed by atoms with Gasteiger partial charge in [-0.15, -0.1) is 0 Å². The fourth-order valence-corrected chi connectivity index (χ4v) is 4.01. The molecule has 0 saturated heterocycles. The van der Waals surface area contributed by atoms with E-state index in [1.807, 2.05) is 18.2 Å². The summed E-state index contributed by atoms with van der Waals surface area (Å²) in [5, 5.41) is 13.8. The van der Waals surface area contributed by atoms with E-state index in [1.54, 1.807) is 6.07 Å². The third-order valence-corrected chi connectivity index (χ3v) is 5.74. The standard InChI is InChI=1S/C23H28ClN3/c1-18-7-11-22(12-8-18)26-13-14-27(23-5-3-2-4-6-23)17-20-15-21(24)10-9-19(20)16-25/h2-6,9-10,15,18,22,26H,7-8,11-14,17H2,1H3/t18-,22-. The first-order chi connectivity index (χ1) is 13.2. The van der Waals surface area contributed by atoms with E-state index in [9.17, 15) is 5.26 Å². The van der Waals surface area contributed by atoms with Gasteiger partial charge in [0.05, 0.1) is 11.6 Å². The van der Waals surface area contributed by atoms with E-state index in [0.717, 1.165) is 24.6 Å². The van der Waals surface area contributed by atoms with Gasteiger partial charge in [-0.1, -0.05) is 36.7 Å². The van der Waals surface area contributed by atoms with Crippen molar-refractivity contribution < 1.29 is 0 Å². The van der Waals surface area contributed by atoms with Crippen molar-refractivity contribution in [3.05, 3.63) is 64.7 Å². The van der Waals surface area contributed by atoms with Gasteiger partial charge in [-0.05, 0) is 67.5 Å². The van der Waals surface area contributed by atoms with Gasteiger partial charge in [0.15, 0.2) is 0 Å². The van der Waals surface area contributed by atoms with Gasteiger partial charge in [0.1, 0.15) is 0 Å². The molecule has 0 unspecified atom stereocenters. The maximum absolute atomic E-state index is 9.44. The maximum atomic E-state index is 9.44. The van der Waals surface area contributed by atoms with E-state index in [0.29, 0.717) is 23.2 Å². The number of hydrogen-bond acceptors (Lipinski definition) is 3. The van der Waals surface area contributed by atoms with Crippen molar-refractivity contribution in [2.45, 2.75) is 45.2 Å². The lowest BCUT2D eigenvalue weighted by Gasteiger charge is -2.30. The van der Waals surface area contributed by atoms with Gasteiger partial charge in [0.25, 0.3) is 0 Å². The third-order valence-electron chi connectivity index (χ3n) is 5.50. The van der Waals surface area contributed by atoms with Crippen molar-refractivity contribution in [1.29, 1.82) is 5.26 Å². The van der Waals surface area contributed by atoms with Crippen molar-refractivity contribution >= 4 is 17.3 Å². The molecule has 0 amide bonds. The average molecular weight is 382 g/mol. The van der Waals surface area contributed by atoms with Crippen molar-refractivity contribution in [3.8, 4) is 6.07 Å². The highest BCUT2D eigenvalue weighted by atomic mass is 35.5. The van der Waals surface area contributed by atoms with Crippen LogP contribution in [0.3, 0.4) is 0 Å². The van der Waals surface area contributed by atoms with Crippen LogP contribution in [0, 0.1) is 17.2 Å². The molecule has 27 heavy (non-hydrogen) atoms. The Bertz CT molecular complexity index is 761. The highest BCUT2D eigenvalue weighted by molar-refractivity contribution is 6.30. The minimum absolute atomic E-state index is 0.639. The van der Waals surface area contributed by atoms with Crippen LogP contribution < -0.4 is 10.2 Å². The number of benzene rings is 2. The molecule has 2 aromatic carbocycles. The zero-order chi connectivity index (χ0) is 19.1. The molecular formula is C23H28ClN3. The van der Waals surface area contributed by atoms with Crippen molar-refractivity contribution in [3.63, 3.8) is 0 Å². The van der Waals surface area contributed by atoms with Crippen molar-refractivity contribution in [2.24, 2.45) is 5.92 Å². The van der Waals surface area contributed by atoms with E-state index in [1.165, 1.54) is 31.4 Å². The second-order valence-corrected chi connectivity index (χ2v) is 8.02. The van der Waals surface area contributed by atoms with Crippen LogP contribution in [0.5, 0.6) is 0 Å².